The smallest absolute Gasteiger partial charge is 0.306 e. The number of hydrogen-bond acceptors (Lipinski definition) is 7. The molecule has 0 saturated heterocycles. The Bertz CT molecular complexity index is 953. The van der Waals surface area contributed by atoms with Gasteiger partial charge in [0.2, 0.25) is 11.8 Å². The molecule has 27 heavy (non-hydrogen) atoms. The molecule has 0 unspecified atom stereocenters. The van der Waals surface area contributed by atoms with Crippen molar-refractivity contribution >= 4 is 23.1 Å². The number of aromatic nitrogens is 2. The van der Waals surface area contributed by atoms with Gasteiger partial charge in [0, 0.05) is 29.9 Å². The van der Waals surface area contributed by atoms with Gasteiger partial charge >= 0.3 is 5.69 Å². The number of aliphatic hydroxyl groups excluding tert-OH is 1. The Labute approximate surface area is 153 Å². The van der Waals surface area contributed by atoms with E-state index in [4.69, 9.17) is 5.11 Å². The summed E-state index contributed by atoms with van der Waals surface area (Å²) in [5.41, 5.74) is 1.15. The summed E-state index contributed by atoms with van der Waals surface area (Å²) in [6, 6.07) is 14.6. The molecule has 0 fully saturated rings. The van der Waals surface area contributed by atoms with Gasteiger partial charge in [-0.15, -0.1) is 0 Å². The maximum atomic E-state index is 13.5. The van der Waals surface area contributed by atoms with Crippen molar-refractivity contribution in [3.05, 3.63) is 70.5 Å². The number of benzene rings is 2. The first kappa shape index (κ1) is 18.2. The highest BCUT2D eigenvalue weighted by molar-refractivity contribution is 5.68. The maximum absolute atomic E-state index is 13.5. The van der Waals surface area contributed by atoms with Gasteiger partial charge in [0.1, 0.15) is 5.82 Å². The lowest BCUT2D eigenvalue weighted by Gasteiger charge is -2.11. The van der Waals surface area contributed by atoms with Gasteiger partial charge in [-0.1, -0.05) is 30.3 Å². The summed E-state index contributed by atoms with van der Waals surface area (Å²) in [6.45, 7) is 0.172. The fourth-order valence-corrected chi connectivity index (χ4v) is 2.39. The van der Waals surface area contributed by atoms with Crippen LogP contribution in [0, 0.1) is 15.9 Å². The molecule has 0 aliphatic heterocycles. The Kier molecular flexibility index (Phi) is 5.53. The summed E-state index contributed by atoms with van der Waals surface area (Å²) in [5, 5.41) is 25.7. The number of halogens is 1. The second kappa shape index (κ2) is 8.19. The average Bonchev–Trinajstić information content (AvgIpc) is 2.68. The number of aliphatic hydroxyl groups is 1. The fourth-order valence-electron chi connectivity index (χ4n) is 2.39. The zero-order valence-corrected chi connectivity index (χ0v) is 14.1. The normalized spacial score (nSPS) is 10.4. The van der Waals surface area contributed by atoms with Crippen LogP contribution in [0.1, 0.15) is 0 Å². The van der Waals surface area contributed by atoms with E-state index in [0.29, 0.717) is 17.2 Å². The minimum absolute atomic E-state index is 0.0914. The Morgan fingerprint density at radius 1 is 1.11 bits per heavy atom. The molecule has 8 nitrogen and oxygen atoms in total. The molecule has 0 amide bonds. The van der Waals surface area contributed by atoms with Crippen LogP contribution in [0.4, 0.5) is 27.5 Å². The van der Waals surface area contributed by atoms with Crippen LogP contribution in [0.5, 0.6) is 0 Å². The van der Waals surface area contributed by atoms with Gasteiger partial charge in [-0.3, -0.25) is 10.1 Å². The van der Waals surface area contributed by atoms with Crippen LogP contribution in [-0.2, 0) is 0 Å². The van der Waals surface area contributed by atoms with Crippen molar-refractivity contribution in [1.82, 2.24) is 9.97 Å². The van der Waals surface area contributed by atoms with E-state index in [1.54, 1.807) is 6.07 Å². The number of hydrogen-bond donors (Lipinski definition) is 3. The lowest BCUT2D eigenvalue weighted by molar-refractivity contribution is -0.387. The van der Waals surface area contributed by atoms with Gasteiger partial charge in [0.05, 0.1) is 17.2 Å². The van der Waals surface area contributed by atoms with E-state index in [2.05, 4.69) is 20.6 Å². The van der Waals surface area contributed by atoms with Gasteiger partial charge < -0.3 is 15.7 Å². The number of anilines is 3. The Balaban J connectivity index is 1.96. The van der Waals surface area contributed by atoms with Gasteiger partial charge in [0.25, 0.3) is 0 Å². The molecule has 3 aromatic rings. The highest BCUT2D eigenvalue weighted by atomic mass is 19.1. The van der Waals surface area contributed by atoms with Gasteiger partial charge in [-0.25, -0.2) is 4.98 Å². The summed E-state index contributed by atoms with van der Waals surface area (Å²) in [4.78, 5) is 18.8. The Morgan fingerprint density at radius 3 is 2.59 bits per heavy atom. The number of nitrogens with one attached hydrogen (secondary N) is 2. The summed E-state index contributed by atoms with van der Waals surface area (Å²) in [7, 11) is 0. The topological polar surface area (TPSA) is 113 Å². The van der Waals surface area contributed by atoms with Crippen molar-refractivity contribution in [3.8, 4) is 11.3 Å². The average molecular weight is 369 g/mol. The predicted octanol–water partition coefficient (Wildman–Crippen LogP) is 3.34. The molecular weight excluding hydrogens is 353 g/mol. The second-order valence-corrected chi connectivity index (χ2v) is 5.53. The lowest BCUT2D eigenvalue weighted by Crippen LogP contribution is -2.10. The van der Waals surface area contributed by atoms with Crippen LogP contribution in [-0.4, -0.2) is 33.1 Å². The lowest BCUT2D eigenvalue weighted by atomic mass is 10.1. The highest BCUT2D eigenvalue weighted by Gasteiger charge is 2.15. The third-order valence-electron chi connectivity index (χ3n) is 3.61. The van der Waals surface area contributed by atoms with E-state index >= 15 is 0 Å². The van der Waals surface area contributed by atoms with Crippen molar-refractivity contribution < 1.29 is 14.4 Å². The zero-order valence-electron chi connectivity index (χ0n) is 14.1. The molecule has 0 spiro atoms. The Hall–Kier alpha value is -3.59. The van der Waals surface area contributed by atoms with Crippen LogP contribution in [0.2, 0.25) is 0 Å². The molecule has 0 radical (unpaired) electrons. The van der Waals surface area contributed by atoms with Crippen LogP contribution in [0.25, 0.3) is 11.3 Å². The molecule has 0 bridgehead atoms. The monoisotopic (exact) mass is 369 g/mol. The first-order valence-electron chi connectivity index (χ1n) is 8.07. The standard InChI is InChI=1S/C18H16FN5O3/c19-14-7-6-13(10-16(14)24(26)27)21-17-11-15(12-4-2-1-3-5-12)22-18(23-17)20-8-9-25/h1-7,10-11,25H,8-9H2,(H2,20,21,22,23). The van der Waals surface area contributed by atoms with Crippen LogP contribution in [0.15, 0.2) is 54.6 Å². The molecule has 9 heteroatoms. The molecule has 138 valence electrons. The van der Waals surface area contributed by atoms with E-state index < -0.39 is 16.4 Å². The SMILES string of the molecule is O=[N+]([O-])c1cc(Nc2cc(-c3ccccc3)nc(NCCO)n2)ccc1F. The van der Waals surface area contributed by atoms with Crippen molar-refractivity contribution in [1.29, 1.82) is 0 Å². The molecular formula is C18H16FN5O3. The molecule has 2 aromatic carbocycles. The number of rotatable bonds is 7. The number of nitro benzene ring substituents is 1. The molecule has 0 aliphatic carbocycles. The predicted molar refractivity (Wildman–Crippen MR) is 99.4 cm³/mol. The minimum Gasteiger partial charge on any atom is -0.395 e. The number of nitro groups is 1. The second-order valence-electron chi connectivity index (χ2n) is 5.53. The molecule has 0 aliphatic rings. The molecule has 0 saturated carbocycles. The van der Waals surface area contributed by atoms with Crippen LogP contribution >= 0.6 is 0 Å². The molecule has 1 aromatic heterocycles. The van der Waals surface area contributed by atoms with E-state index in [1.807, 2.05) is 30.3 Å². The first-order chi connectivity index (χ1) is 13.1. The van der Waals surface area contributed by atoms with E-state index in [-0.39, 0.29) is 19.1 Å². The van der Waals surface area contributed by atoms with Crippen molar-refractivity contribution in [2.45, 2.75) is 0 Å². The third kappa shape index (κ3) is 4.53. The van der Waals surface area contributed by atoms with E-state index in [1.165, 1.54) is 6.07 Å². The Morgan fingerprint density at radius 2 is 1.89 bits per heavy atom. The summed E-state index contributed by atoms with van der Waals surface area (Å²) < 4.78 is 13.5. The minimum atomic E-state index is -0.913. The van der Waals surface area contributed by atoms with Gasteiger partial charge in [-0.05, 0) is 12.1 Å². The fraction of sp³-hybridized carbons (Fsp3) is 0.111. The van der Waals surface area contributed by atoms with Gasteiger partial charge in [0.15, 0.2) is 0 Å². The first-order valence-corrected chi connectivity index (χ1v) is 8.07. The molecule has 0 atom stereocenters. The van der Waals surface area contributed by atoms with Crippen LogP contribution < -0.4 is 10.6 Å². The molecule has 3 rings (SSSR count). The van der Waals surface area contributed by atoms with E-state index in [0.717, 1.165) is 17.7 Å². The van der Waals surface area contributed by atoms with E-state index in [9.17, 15) is 14.5 Å². The molecule has 3 N–H and O–H groups in total. The number of nitrogens with zero attached hydrogens (tertiary/aromatic N) is 3. The largest absolute Gasteiger partial charge is 0.395 e. The quantitative estimate of drug-likeness (QED) is 0.432. The third-order valence-corrected chi connectivity index (χ3v) is 3.61. The van der Waals surface area contributed by atoms with Crippen molar-refractivity contribution in [2.75, 3.05) is 23.8 Å². The van der Waals surface area contributed by atoms with Crippen molar-refractivity contribution in [2.24, 2.45) is 0 Å². The van der Waals surface area contributed by atoms with Gasteiger partial charge in [-0.2, -0.15) is 9.37 Å². The zero-order chi connectivity index (χ0) is 19.2. The van der Waals surface area contributed by atoms with Crippen molar-refractivity contribution in [3.63, 3.8) is 0 Å². The molecule has 1 heterocycles. The summed E-state index contributed by atoms with van der Waals surface area (Å²) in [6.07, 6.45) is 0. The maximum Gasteiger partial charge on any atom is 0.306 e. The van der Waals surface area contributed by atoms with Crippen LogP contribution in [0.3, 0.4) is 0 Å². The summed E-state index contributed by atoms with van der Waals surface area (Å²) in [5.74, 6) is -0.266. The highest BCUT2D eigenvalue weighted by Crippen LogP contribution is 2.26. The summed E-state index contributed by atoms with van der Waals surface area (Å²) >= 11 is 0.